The number of thiocarbonyl (C=S) groups is 1. The molecule has 1 nitrogen and oxygen atoms in total. The Hall–Kier alpha value is -2.94. The van der Waals surface area contributed by atoms with Crippen LogP contribution < -0.4 is 5.32 Å². The summed E-state index contributed by atoms with van der Waals surface area (Å²) in [7, 11) is 0. The smallest absolute Gasteiger partial charge is 0.0539 e. The number of halogens is 1. The number of hydrogen-bond donors (Lipinski definition) is 1. The van der Waals surface area contributed by atoms with Crippen LogP contribution in [0.1, 0.15) is 16.7 Å². The summed E-state index contributed by atoms with van der Waals surface area (Å²) in [5.74, 6) is 0. The molecule has 4 aromatic carbocycles. The molecule has 0 radical (unpaired) electrons. The molecular weight excluding hydrogens is 394 g/mol. The SMILES string of the molecule is Cc1ccccc1C(=S)c1ccc(Nc2ccc(-c3ccccc3)cc2)cc1Cl. The monoisotopic (exact) mass is 413 g/mol. The van der Waals surface area contributed by atoms with Crippen molar-refractivity contribution in [2.45, 2.75) is 6.92 Å². The molecular formula is C26H20ClNS. The largest absolute Gasteiger partial charge is 0.355 e. The van der Waals surface area contributed by atoms with Crippen LogP contribution >= 0.6 is 23.8 Å². The van der Waals surface area contributed by atoms with Gasteiger partial charge in [0.15, 0.2) is 0 Å². The third-order valence-electron chi connectivity index (χ3n) is 4.88. The summed E-state index contributed by atoms with van der Waals surface area (Å²) in [6, 6.07) is 32.7. The van der Waals surface area contributed by atoms with E-state index in [0.717, 1.165) is 32.9 Å². The summed E-state index contributed by atoms with van der Waals surface area (Å²) in [4.78, 5) is 0.770. The van der Waals surface area contributed by atoms with Gasteiger partial charge in [0.2, 0.25) is 0 Å². The van der Waals surface area contributed by atoms with Crippen LogP contribution in [0.4, 0.5) is 11.4 Å². The van der Waals surface area contributed by atoms with Crippen LogP contribution in [0.3, 0.4) is 0 Å². The molecule has 0 heterocycles. The zero-order valence-electron chi connectivity index (χ0n) is 16.0. The normalized spacial score (nSPS) is 10.6. The third kappa shape index (κ3) is 4.40. The molecule has 0 bridgehead atoms. The van der Waals surface area contributed by atoms with Crippen LogP contribution in [-0.4, -0.2) is 4.86 Å². The van der Waals surface area contributed by atoms with Gasteiger partial charge in [-0.25, -0.2) is 0 Å². The molecule has 0 saturated carbocycles. The molecule has 0 aliphatic heterocycles. The Kier molecular flexibility index (Phi) is 5.75. The Labute approximate surface area is 182 Å². The molecule has 4 aromatic rings. The van der Waals surface area contributed by atoms with Gasteiger partial charge in [0.05, 0.1) is 9.89 Å². The summed E-state index contributed by atoms with van der Waals surface area (Å²) in [6.45, 7) is 2.06. The molecule has 0 aliphatic rings. The lowest BCUT2D eigenvalue weighted by atomic mass is 10.00. The van der Waals surface area contributed by atoms with E-state index < -0.39 is 0 Å². The number of nitrogens with one attached hydrogen (secondary N) is 1. The van der Waals surface area contributed by atoms with Gasteiger partial charge < -0.3 is 5.32 Å². The van der Waals surface area contributed by atoms with Crippen molar-refractivity contribution in [2.75, 3.05) is 5.32 Å². The highest BCUT2D eigenvalue weighted by Gasteiger charge is 2.11. The predicted molar refractivity (Wildman–Crippen MR) is 129 cm³/mol. The zero-order chi connectivity index (χ0) is 20.2. The van der Waals surface area contributed by atoms with Gasteiger partial charge in [-0.3, -0.25) is 0 Å². The lowest BCUT2D eigenvalue weighted by molar-refractivity contribution is 1.44. The molecule has 0 atom stereocenters. The highest BCUT2D eigenvalue weighted by atomic mass is 35.5. The fraction of sp³-hybridized carbons (Fsp3) is 0.0385. The fourth-order valence-electron chi connectivity index (χ4n) is 3.29. The summed E-state index contributed by atoms with van der Waals surface area (Å²) in [6.07, 6.45) is 0. The summed E-state index contributed by atoms with van der Waals surface area (Å²) in [5.41, 5.74) is 7.40. The standard InChI is InChI=1S/C26H20ClNS/c1-18-7-5-6-10-23(18)26(29)24-16-15-22(17-25(24)27)28-21-13-11-20(12-14-21)19-8-3-2-4-9-19/h2-17,28H,1H3. The molecule has 3 heteroatoms. The third-order valence-corrected chi connectivity index (χ3v) is 5.64. The molecule has 0 fully saturated rings. The molecule has 0 spiro atoms. The number of rotatable bonds is 5. The number of aryl methyl sites for hydroxylation is 1. The maximum absolute atomic E-state index is 6.57. The van der Waals surface area contributed by atoms with E-state index in [1.54, 1.807) is 0 Å². The Morgan fingerprint density at radius 3 is 2.00 bits per heavy atom. The molecule has 29 heavy (non-hydrogen) atoms. The van der Waals surface area contributed by atoms with Gasteiger partial charge in [-0.2, -0.15) is 0 Å². The van der Waals surface area contributed by atoms with E-state index in [4.69, 9.17) is 23.8 Å². The average molecular weight is 414 g/mol. The molecule has 0 saturated heterocycles. The van der Waals surface area contributed by atoms with Crippen molar-refractivity contribution in [1.82, 2.24) is 0 Å². The second-order valence-electron chi connectivity index (χ2n) is 6.91. The average Bonchev–Trinajstić information content (AvgIpc) is 2.75. The van der Waals surface area contributed by atoms with Crippen LogP contribution in [0.15, 0.2) is 97.1 Å². The highest BCUT2D eigenvalue weighted by molar-refractivity contribution is 7.81. The van der Waals surface area contributed by atoms with Gasteiger partial charge >= 0.3 is 0 Å². The van der Waals surface area contributed by atoms with E-state index in [-0.39, 0.29) is 0 Å². The molecule has 0 unspecified atom stereocenters. The first kappa shape index (κ1) is 19.4. The van der Waals surface area contributed by atoms with Crippen LogP contribution in [0.25, 0.3) is 11.1 Å². The van der Waals surface area contributed by atoms with E-state index in [9.17, 15) is 0 Å². The Balaban J connectivity index is 1.53. The highest BCUT2D eigenvalue weighted by Crippen LogP contribution is 2.28. The Morgan fingerprint density at radius 1 is 0.690 bits per heavy atom. The van der Waals surface area contributed by atoms with E-state index in [1.165, 1.54) is 11.1 Å². The number of hydrogen-bond acceptors (Lipinski definition) is 2. The van der Waals surface area contributed by atoms with Crippen molar-refractivity contribution in [3.05, 3.63) is 119 Å². The van der Waals surface area contributed by atoms with Gasteiger partial charge in [-0.05, 0) is 59.5 Å². The van der Waals surface area contributed by atoms with E-state index >= 15 is 0 Å². The molecule has 0 aliphatic carbocycles. The van der Waals surface area contributed by atoms with Crippen molar-refractivity contribution in [3.63, 3.8) is 0 Å². The topological polar surface area (TPSA) is 12.0 Å². The van der Waals surface area contributed by atoms with Gasteiger partial charge in [-0.15, -0.1) is 0 Å². The van der Waals surface area contributed by atoms with Crippen molar-refractivity contribution >= 4 is 40.1 Å². The molecule has 0 aromatic heterocycles. The second kappa shape index (κ2) is 8.60. The van der Waals surface area contributed by atoms with Crippen molar-refractivity contribution < 1.29 is 0 Å². The van der Waals surface area contributed by atoms with Crippen molar-refractivity contribution in [2.24, 2.45) is 0 Å². The number of benzene rings is 4. The molecule has 142 valence electrons. The quantitative estimate of drug-likeness (QED) is 0.264. The van der Waals surface area contributed by atoms with E-state index in [2.05, 4.69) is 54.7 Å². The first-order valence-corrected chi connectivity index (χ1v) is 10.2. The first-order chi connectivity index (χ1) is 14.1. The predicted octanol–water partition coefficient (Wildman–Crippen LogP) is 7.83. The molecule has 1 N–H and O–H groups in total. The maximum atomic E-state index is 6.57. The molecule has 4 rings (SSSR count). The molecule has 0 amide bonds. The van der Waals surface area contributed by atoms with E-state index in [1.807, 2.05) is 54.6 Å². The van der Waals surface area contributed by atoms with Crippen molar-refractivity contribution in [3.8, 4) is 11.1 Å². The summed E-state index contributed by atoms with van der Waals surface area (Å²) in [5, 5.41) is 4.06. The van der Waals surface area contributed by atoms with Gasteiger partial charge in [0.25, 0.3) is 0 Å². The minimum absolute atomic E-state index is 0.643. The Bertz CT molecular complexity index is 1150. The lowest BCUT2D eigenvalue weighted by Gasteiger charge is -2.12. The fourth-order valence-corrected chi connectivity index (χ4v) is 4.03. The van der Waals surface area contributed by atoms with Crippen molar-refractivity contribution in [1.29, 1.82) is 0 Å². The van der Waals surface area contributed by atoms with Crippen LogP contribution in [0.2, 0.25) is 5.02 Å². The lowest BCUT2D eigenvalue weighted by Crippen LogP contribution is -2.03. The van der Waals surface area contributed by atoms with Crippen LogP contribution in [0.5, 0.6) is 0 Å². The maximum Gasteiger partial charge on any atom is 0.0539 e. The van der Waals surface area contributed by atoms with Gasteiger partial charge in [0.1, 0.15) is 0 Å². The second-order valence-corrected chi connectivity index (χ2v) is 7.72. The summed E-state index contributed by atoms with van der Waals surface area (Å²) < 4.78 is 0. The van der Waals surface area contributed by atoms with Crippen LogP contribution in [0, 0.1) is 6.92 Å². The Morgan fingerprint density at radius 2 is 1.31 bits per heavy atom. The summed E-state index contributed by atoms with van der Waals surface area (Å²) >= 11 is 12.3. The first-order valence-electron chi connectivity index (χ1n) is 9.44. The van der Waals surface area contributed by atoms with E-state index in [0.29, 0.717) is 5.02 Å². The van der Waals surface area contributed by atoms with Crippen LogP contribution in [-0.2, 0) is 0 Å². The van der Waals surface area contributed by atoms with Gasteiger partial charge in [-0.1, -0.05) is 90.5 Å². The minimum Gasteiger partial charge on any atom is -0.355 e. The minimum atomic E-state index is 0.643. The van der Waals surface area contributed by atoms with Gasteiger partial charge in [0, 0.05) is 16.9 Å². The zero-order valence-corrected chi connectivity index (χ0v) is 17.6. The number of anilines is 2.